The molecule has 0 aromatic rings. The number of rotatable bonds is 6. The van der Waals surface area contributed by atoms with Crippen LogP contribution in [0.5, 0.6) is 0 Å². The lowest BCUT2D eigenvalue weighted by Crippen LogP contribution is -2.39. The Bertz CT molecular complexity index is 231. The summed E-state index contributed by atoms with van der Waals surface area (Å²) in [6.45, 7) is -0.0121. The quantitative estimate of drug-likeness (QED) is 0.781. The Hall–Kier alpha value is -0.710. The molecular formula is C12H22F2N2O. The Kier molecular flexibility index (Phi) is 6.40. The third kappa shape index (κ3) is 5.44. The number of hydrogen-bond donors (Lipinski definition) is 1. The molecule has 0 saturated heterocycles. The van der Waals surface area contributed by atoms with Crippen LogP contribution in [0.25, 0.3) is 0 Å². The molecule has 1 fully saturated rings. The number of halogens is 2. The second kappa shape index (κ2) is 7.58. The van der Waals surface area contributed by atoms with Gasteiger partial charge in [-0.25, -0.2) is 8.78 Å². The van der Waals surface area contributed by atoms with E-state index in [2.05, 4.69) is 0 Å². The van der Waals surface area contributed by atoms with Gasteiger partial charge >= 0.3 is 0 Å². The average molecular weight is 248 g/mol. The number of carbonyl (C=O) groups excluding carboxylic acids is 1. The van der Waals surface area contributed by atoms with Crippen molar-refractivity contribution in [2.24, 2.45) is 11.7 Å². The van der Waals surface area contributed by atoms with Crippen molar-refractivity contribution in [1.29, 1.82) is 0 Å². The fourth-order valence-electron chi connectivity index (χ4n) is 2.41. The van der Waals surface area contributed by atoms with Crippen LogP contribution < -0.4 is 5.73 Å². The number of alkyl halides is 2. The van der Waals surface area contributed by atoms with Gasteiger partial charge in [-0.05, 0) is 18.8 Å². The first-order valence-electron chi connectivity index (χ1n) is 6.39. The van der Waals surface area contributed by atoms with E-state index in [1.54, 1.807) is 0 Å². The van der Waals surface area contributed by atoms with E-state index in [0.29, 0.717) is 12.3 Å². The molecule has 3 nitrogen and oxygen atoms in total. The van der Waals surface area contributed by atoms with Gasteiger partial charge < -0.3 is 10.6 Å². The first-order valence-corrected chi connectivity index (χ1v) is 6.39. The maximum Gasteiger partial charge on any atom is 0.255 e. The van der Waals surface area contributed by atoms with Crippen molar-refractivity contribution in [2.75, 3.05) is 19.6 Å². The zero-order valence-corrected chi connectivity index (χ0v) is 10.2. The molecule has 1 saturated carbocycles. The van der Waals surface area contributed by atoms with Crippen LogP contribution in [-0.2, 0) is 4.79 Å². The number of carbonyl (C=O) groups is 1. The minimum atomic E-state index is -2.48. The van der Waals surface area contributed by atoms with Crippen molar-refractivity contribution in [1.82, 2.24) is 4.90 Å². The van der Waals surface area contributed by atoms with Gasteiger partial charge in [-0.3, -0.25) is 4.79 Å². The number of hydrogen-bond acceptors (Lipinski definition) is 2. The summed E-state index contributed by atoms with van der Waals surface area (Å²) < 4.78 is 24.6. The first-order chi connectivity index (χ1) is 8.13. The van der Waals surface area contributed by atoms with Crippen molar-refractivity contribution in [3.63, 3.8) is 0 Å². The lowest BCUT2D eigenvalue weighted by atomic mass is 9.86. The Morgan fingerprint density at radius 1 is 1.29 bits per heavy atom. The standard InChI is InChI=1S/C12H22F2N2O/c13-11(14)9-16(7-6-15)12(17)8-10-4-2-1-3-5-10/h10-11H,1-9,15H2. The summed E-state index contributed by atoms with van der Waals surface area (Å²) in [5.41, 5.74) is 5.34. The monoisotopic (exact) mass is 248 g/mol. The Balaban J connectivity index is 2.39. The highest BCUT2D eigenvalue weighted by Crippen LogP contribution is 2.26. The molecule has 0 radical (unpaired) electrons. The molecule has 0 aromatic heterocycles. The second-order valence-electron chi connectivity index (χ2n) is 4.73. The lowest BCUT2D eigenvalue weighted by molar-refractivity contribution is -0.134. The van der Waals surface area contributed by atoms with E-state index in [1.165, 1.54) is 11.3 Å². The van der Waals surface area contributed by atoms with Crippen LogP contribution in [0.2, 0.25) is 0 Å². The van der Waals surface area contributed by atoms with Crippen molar-refractivity contribution in [2.45, 2.75) is 45.0 Å². The van der Waals surface area contributed by atoms with Gasteiger partial charge in [-0.1, -0.05) is 19.3 Å². The second-order valence-corrected chi connectivity index (χ2v) is 4.73. The molecule has 0 heterocycles. The third-order valence-corrected chi connectivity index (χ3v) is 3.30. The fraction of sp³-hybridized carbons (Fsp3) is 0.917. The normalized spacial score (nSPS) is 17.4. The van der Waals surface area contributed by atoms with Crippen LogP contribution in [0, 0.1) is 5.92 Å². The minimum Gasteiger partial charge on any atom is -0.336 e. The number of amides is 1. The van der Waals surface area contributed by atoms with Crippen LogP contribution in [0.1, 0.15) is 38.5 Å². The van der Waals surface area contributed by atoms with Gasteiger partial charge in [-0.2, -0.15) is 0 Å². The molecule has 5 heteroatoms. The van der Waals surface area contributed by atoms with E-state index < -0.39 is 13.0 Å². The van der Waals surface area contributed by atoms with Crippen LogP contribution in [0.3, 0.4) is 0 Å². The summed E-state index contributed by atoms with van der Waals surface area (Å²) in [5.74, 6) is 0.219. The largest absolute Gasteiger partial charge is 0.336 e. The predicted molar refractivity (Wildman–Crippen MR) is 62.8 cm³/mol. The highest BCUT2D eigenvalue weighted by molar-refractivity contribution is 5.76. The van der Waals surface area contributed by atoms with Crippen molar-refractivity contribution in [3.05, 3.63) is 0 Å². The smallest absolute Gasteiger partial charge is 0.255 e. The van der Waals surface area contributed by atoms with Crippen molar-refractivity contribution < 1.29 is 13.6 Å². The maximum atomic E-state index is 12.3. The van der Waals surface area contributed by atoms with Crippen LogP contribution in [0.4, 0.5) is 8.78 Å². The number of nitrogens with zero attached hydrogens (tertiary/aromatic N) is 1. The summed E-state index contributed by atoms with van der Waals surface area (Å²) in [5, 5.41) is 0. The molecule has 0 aromatic carbocycles. The average Bonchev–Trinajstić information content (AvgIpc) is 2.29. The van der Waals surface area contributed by atoms with Crippen LogP contribution in [0.15, 0.2) is 0 Å². The van der Waals surface area contributed by atoms with Crippen molar-refractivity contribution >= 4 is 5.91 Å². The van der Waals surface area contributed by atoms with E-state index in [1.807, 2.05) is 0 Å². The fourth-order valence-corrected chi connectivity index (χ4v) is 2.41. The highest BCUT2D eigenvalue weighted by atomic mass is 19.3. The summed E-state index contributed by atoms with van der Waals surface area (Å²) in [7, 11) is 0. The molecule has 17 heavy (non-hydrogen) atoms. The van der Waals surface area contributed by atoms with Gasteiger partial charge in [0, 0.05) is 19.5 Å². The SMILES string of the molecule is NCCN(CC(F)F)C(=O)CC1CCCCC1. The Morgan fingerprint density at radius 2 is 1.94 bits per heavy atom. The Morgan fingerprint density at radius 3 is 2.47 bits per heavy atom. The summed E-state index contributed by atoms with van der Waals surface area (Å²) in [6, 6.07) is 0. The van der Waals surface area contributed by atoms with Crippen LogP contribution in [-0.4, -0.2) is 36.9 Å². The molecule has 0 spiro atoms. The molecule has 0 unspecified atom stereocenters. The molecule has 1 amide bonds. The molecule has 100 valence electrons. The minimum absolute atomic E-state index is 0.164. The van der Waals surface area contributed by atoms with E-state index in [0.717, 1.165) is 25.7 Å². The topological polar surface area (TPSA) is 46.3 Å². The zero-order chi connectivity index (χ0) is 12.7. The molecular weight excluding hydrogens is 226 g/mol. The molecule has 0 aliphatic heterocycles. The van der Waals surface area contributed by atoms with Gasteiger partial charge in [0.1, 0.15) is 0 Å². The van der Waals surface area contributed by atoms with E-state index in [-0.39, 0.29) is 19.0 Å². The van der Waals surface area contributed by atoms with E-state index in [9.17, 15) is 13.6 Å². The molecule has 1 aliphatic carbocycles. The van der Waals surface area contributed by atoms with E-state index >= 15 is 0 Å². The third-order valence-electron chi connectivity index (χ3n) is 3.30. The van der Waals surface area contributed by atoms with E-state index in [4.69, 9.17) is 5.73 Å². The predicted octanol–water partition coefficient (Wildman–Crippen LogP) is 2.01. The summed E-state index contributed by atoms with van der Waals surface area (Å²) >= 11 is 0. The highest BCUT2D eigenvalue weighted by Gasteiger charge is 2.22. The van der Waals surface area contributed by atoms with Gasteiger partial charge in [0.05, 0.1) is 6.54 Å². The molecule has 1 rings (SSSR count). The molecule has 0 atom stereocenters. The maximum absolute atomic E-state index is 12.3. The van der Waals surface area contributed by atoms with Crippen LogP contribution >= 0.6 is 0 Å². The van der Waals surface area contributed by atoms with Gasteiger partial charge in [0.2, 0.25) is 5.91 Å². The zero-order valence-electron chi connectivity index (χ0n) is 10.2. The van der Waals surface area contributed by atoms with Gasteiger partial charge in [0.15, 0.2) is 0 Å². The molecule has 0 bridgehead atoms. The number of nitrogens with two attached hydrogens (primary N) is 1. The van der Waals surface area contributed by atoms with Gasteiger partial charge in [0.25, 0.3) is 6.43 Å². The first kappa shape index (κ1) is 14.4. The molecule has 2 N–H and O–H groups in total. The van der Waals surface area contributed by atoms with Crippen molar-refractivity contribution in [3.8, 4) is 0 Å². The summed E-state index contributed by atoms with van der Waals surface area (Å²) in [6.07, 6.45) is 3.58. The molecule has 1 aliphatic rings. The Labute approximate surface area is 101 Å². The lowest BCUT2D eigenvalue weighted by Gasteiger charge is -2.26. The summed E-state index contributed by atoms with van der Waals surface area (Å²) in [4.78, 5) is 13.1. The van der Waals surface area contributed by atoms with Gasteiger partial charge in [-0.15, -0.1) is 0 Å².